The van der Waals surface area contributed by atoms with Gasteiger partial charge >= 0.3 is 0 Å². The number of H-pyrrole nitrogens is 1. The number of nitrogens with zero attached hydrogens (tertiary/aromatic N) is 3. The Balaban J connectivity index is 1.65. The molecule has 0 atom stereocenters. The first-order valence-corrected chi connectivity index (χ1v) is 10.1. The zero-order valence-corrected chi connectivity index (χ0v) is 16.1. The smallest absolute Gasteiger partial charge is 0.237 e. The molecular weight excluding hydrogens is 334 g/mol. The van der Waals surface area contributed by atoms with Gasteiger partial charge in [0.05, 0.1) is 25.0 Å². The predicted octanol–water partition coefficient (Wildman–Crippen LogP) is 1.45. The van der Waals surface area contributed by atoms with Gasteiger partial charge in [-0.3, -0.25) is 9.69 Å². The van der Waals surface area contributed by atoms with Crippen LogP contribution in [0.25, 0.3) is 0 Å². The van der Waals surface area contributed by atoms with Crippen molar-refractivity contribution < 1.29 is 4.79 Å². The lowest BCUT2D eigenvalue weighted by atomic mass is 10.0. The molecule has 25 heavy (non-hydrogen) atoms. The molecule has 2 fully saturated rings. The van der Waals surface area contributed by atoms with E-state index in [0.717, 1.165) is 69.8 Å². The van der Waals surface area contributed by atoms with Crippen LogP contribution in [0.1, 0.15) is 44.1 Å². The van der Waals surface area contributed by atoms with Crippen molar-refractivity contribution in [2.24, 2.45) is 0 Å². The number of nitrogens with one attached hydrogen (secondary N) is 2. The Morgan fingerprint density at radius 2 is 2.04 bits per heavy atom. The lowest BCUT2D eigenvalue weighted by Crippen LogP contribution is -2.50. The Bertz CT molecular complexity index is 549. The standard InChI is InChI=1S/C18H31N5OS/c1-2-17-20-11-14(21-17)12-23(15-3-7-19-8-4-15)18(24)13-22-9-5-16(25)6-10-22/h11,15-16,19,25H,2-10,12-13H2,1H3,(H,20,21). The second kappa shape index (κ2) is 9.05. The highest BCUT2D eigenvalue weighted by Gasteiger charge is 2.28. The number of hydrogen-bond donors (Lipinski definition) is 3. The third-order valence-electron chi connectivity index (χ3n) is 5.34. The van der Waals surface area contributed by atoms with Crippen LogP contribution in [0.2, 0.25) is 0 Å². The van der Waals surface area contributed by atoms with E-state index in [0.29, 0.717) is 24.4 Å². The van der Waals surface area contributed by atoms with Gasteiger partial charge in [-0.15, -0.1) is 0 Å². The summed E-state index contributed by atoms with van der Waals surface area (Å²) in [7, 11) is 0. The molecule has 0 unspecified atom stereocenters. The summed E-state index contributed by atoms with van der Waals surface area (Å²) in [6.07, 6.45) is 6.97. The molecule has 3 heterocycles. The van der Waals surface area contributed by atoms with Crippen LogP contribution in [0.15, 0.2) is 6.20 Å². The molecule has 0 radical (unpaired) electrons. The Labute approximate surface area is 156 Å². The fraction of sp³-hybridized carbons (Fsp3) is 0.778. The number of likely N-dealkylation sites (tertiary alicyclic amines) is 1. The molecule has 1 aromatic heterocycles. The Hall–Kier alpha value is -1.05. The average molecular weight is 366 g/mol. The van der Waals surface area contributed by atoms with Crippen LogP contribution in [0.3, 0.4) is 0 Å². The molecule has 2 aliphatic rings. The van der Waals surface area contributed by atoms with E-state index in [1.54, 1.807) is 0 Å². The van der Waals surface area contributed by atoms with Gasteiger partial charge in [0.2, 0.25) is 5.91 Å². The van der Waals surface area contributed by atoms with Crippen molar-refractivity contribution in [1.29, 1.82) is 0 Å². The van der Waals surface area contributed by atoms with Crippen molar-refractivity contribution in [3.05, 3.63) is 17.7 Å². The Kier molecular flexibility index (Phi) is 6.78. The quantitative estimate of drug-likeness (QED) is 0.668. The first kappa shape index (κ1) is 18.7. The number of amides is 1. The molecule has 0 aromatic carbocycles. The predicted molar refractivity (Wildman–Crippen MR) is 103 cm³/mol. The van der Waals surface area contributed by atoms with Crippen molar-refractivity contribution in [3.63, 3.8) is 0 Å². The van der Waals surface area contributed by atoms with Gasteiger partial charge in [-0.05, 0) is 51.9 Å². The van der Waals surface area contributed by atoms with Crippen molar-refractivity contribution in [1.82, 2.24) is 25.1 Å². The summed E-state index contributed by atoms with van der Waals surface area (Å²) >= 11 is 4.55. The van der Waals surface area contributed by atoms with Gasteiger partial charge in [-0.2, -0.15) is 12.6 Å². The topological polar surface area (TPSA) is 64.3 Å². The summed E-state index contributed by atoms with van der Waals surface area (Å²) in [5, 5.41) is 3.88. The number of piperidine rings is 2. The number of aromatic amines is 1. The van der Waals surface area contributed by atoms with Crippen LogP contribution in [0, 0.1) is 0 Å². The number of thiol groups is 1. The highest BCUT2D eigenvalue weighted by Crippen LogP contribution is 2.18. The first-order chi connectivity index (χ1) is 12.2. The molecular formula is C18H31N5OS. The molecule has 0 spiro atoms. The van der Waals surface area contributed by atoms with Gasteiger partial charge in [0.15, 0.2) is 0 Å². The van der Waals surface area contributed by atoms with E-state index in [2.05, 4.69) is 44.6 Å². The molecule has 0 aliphatic carbocycles. The van der Waals surface area contributed by atoms with E-state index < -0.39 is 0 Å². The summed E-state index contributed by atoms with van der Waals surface area (Å²) in [5.41, 5.74) is 1.04. The van der Waals surface area contributed by atoms with Crippen LogP contribution in [-0.2, 0) is 17.8 Å². The van der Waals surface area contributed by atoms with Gasteiger partial charge in [0.1, 0.15) is 5.82 Å². The van der Waals surface area contributed by atoms with Gasteiger partial charge in [-0.1, -0.05) is 6.92 Å². The summed E-state index contributed by atoms with van der Waals surface area (Å²) in [6.45, 7) is 7.18. The molecule has 1 aromatic rings. The van der Waals surface area contributed by atoms with Crippen LogP contribution in [0.5, 0.6) is 0 Å². The highest BCUT2D eigenvalue weighted by atomic mass is 32.1. The van der Waals surface area contributed by atoms with Crippen molar-refractivity contribution in [2.75, 3.05) is 32.7 Å². The van der Waals surface area contributed by atoms with E-state index in [-0.39, 0.29) is 5.91 Å². The van der Waals surface area contributed by atoms with Crippen LogP contribution in [-0.4, -0.2) is 69.7 Å². The monoisotopic (exact) mass is 365 g/mol. The summed E-state index contributed by atoms with van der Waals surface area (Å²) in [4.78, 5) is 25.2. The normalized spacial score (nSPS) is 20.7. The number of imidazole rings is 1. The zero-order valence-electron chi connectivity index (χ0n) is 15.2. The molecule has 3 rings (SSSR count). The zero-order chi connectivity index (χ0) is 17.6. The minimum atomic E-state index is 0.247. The van der Waals surface area contributed by atoms with E-state index in [1.807, 2.05) is 6.20 Å². The number of carbonyl (C=O) groups excluding carboxylic acids is 1. The average Bonchev–Trinajstić information content (AvgIpc) is 3.10. The lowest BCUT2D eigenvalue weighted by Gasteiger charge is -2.37. The fourth-order valence-electron chi connectivity index (χ4n) is 3.75. The van der Waals surface area contributed by atoms with E-state index in [1.165, 1.54) is 0 Å². The SMILES string of the molecule is CCc1ncc(CN(C(=O)CN2CCC(S)CC2)C2CCNCC2)[nH]1. The van der Waals surface area contributed by atoms with Gasteiger partial charge < -0.3 is 15.2 Å². The molecule has 140 valence electrons. The van der Waals surface area contributed by atoms with E-state index in [9.17, 15) is 4.79 Å². The minimum Gasteiger partial charge on any atom is -0.344 e. The van der Waals surface area contributed by atoms with Crippen LogP contribution >= 0.6 is 12.6 Å². The maximum atomic E-state index is 13.1. The second-order valence-corrected chi connectivity index (χ2v) is 7.95. The number of aromatic nitrogens is 2. The number of aryl methyl sites for hydroxylation is 1. The fourth-order valence-corrected chi connectivity index (χ4v) is 3.98. The van der Waals surface area contributed by atoms with Gasteiger partial charge in [-0.25, -0.2) is 4.98 Å². The first-order valence-electron chi connectivity index (χ1n) is 9.59. The van der Waals surface area contributed by atoms with Gasteiger partial charge in [0, 0.05) is 17.7 Å². The van der Waals surface area contributed by atoms with Gasteiger partial charge in [0.25, 0.3) is 0 Å². The van der Waals surface area contributed by atoms with E-state index in [4.69, 9.17) is 0 Å². The minimum absolute atomic E-state index is 0.247. The second-order valence-electron chi connectivity index (χ2n) is 7.22. The summed E-state index contributed by atoms with van der Waals surface area (Å²) < 4.78 is 0. The van der Waals surface area contributed by atoms with Crippen LogP contribution < -0.4 is 5.32 Å². The largest absolute Gasteiger partial charge is 0.344 e. The summed E-state index contributed by atoms with van der Waals surface area (Å²) in [6, 6.07) is 0.324. The Morgan fingerprint density at radius 1 is 1.32 bits per heavy atom. The molecule has 1 amide bonds. The number of hydrogen-bond acceptors (Lipinski definition) is 5. The van der Waals surface area contributed by atoms with Crippen molar-refractivity contribution in [2.45, 2.75) is 56.9 Å². The molecule has 2 N–H and O–H groups in total. The number of carbonyl (C=O) groups is 1. The molecule has 2 saturated heterocycles. The molecule has 7 heteroatoms. The van der Waals surface area contributed by atoms with Crippen molar-refractivity contribution in [3.8, 4) is 0 Å². The number of rotatable bonds is 6. The van der Waals surface area contributed by atoms with E-state index >= 15 is 0 Å². The maximum Gasteiger partial charge on any atom is 0.237 e. The third kappa shape index (κ3) is 5.21. The summed E-state index contributed by atoms with van der Waals surface area (Å²) in [5.74, 6) is 1.24. The molecule has 2 aliphatic heterocycles. The molecule has 0 bridgehead atoms. The lowest BCUT2D eigenvalue weighted by molar-refractivity contribution is -0.136. The Morgan fingerprint density at radius 3 is 2.68 bits per heavy atom. The van der Waals surface area contributed by atoms with Crippen molar-refractivity contribution >= 4 is 18.5 Å². The third-order valence-corrected chi connectivity index (χ3v) is 5.86. The maximum absolute atomic E-state index is 13.1. The molecule has 6 nitrogen and oxygen atoms in total. The van der Waals surface area contributed by atoms with Crippen LogP contribution in [0.4, 0.5) is 0 Å². The molecule has 0 saturated carbocycles. The highest BCUT2D eigenvalue weighted by molar-refractivity contribution is 7.80.